The Morgan fingerprint density at radius 2 is 1.81 bits per heavy atom. The number of rotatable bonds is 8. The number of Topliss-reactive ketones (excluding diaryl/α,β-unsaturated/α-hetero) is 1. The maximum atomic E-state index is 13.0. The molecule has 2 aromatic carbocycles. The van der Waals surface area contributed by atoms with Crippen molar-refractivity contribution < 1.29 is 24.2 Å². The number of hydrogen-bond acceptors (Lipinski definition) is 6. The minimum absolute atomic E-state index is 0.0365. The van der Waals surface area contributed by atoms with E-state index in [1.54, 1.807) is 25.3 Å². The Kier molecular flexibility index (Phi) is 7.43. The number of halogens is 1. The maximum absolute atomic E-state index is 13.0. The van der Waals surface area contributed by atoms with Crippen molar-refractivity contribution >= 4 is 34.7 Å². The smallest absolute Gasteiger partial charge is 0.295 e. The lowest BCUT2D eigenvalue weighted by Gasteiger charge is -2.26. The van der Waals surface area contributed by atoms with E-state index in [9.17, 15) is 14.7 Å². The Labute approximate surface area is 192 Å². The van der Waals surface area contributed by atoms with E-state index in [0.29, 0.717) is 35.9 Å². The van der Waals surface area contributed by atoms with E-state index in [2.05, 4.69) is 0 Å². The van der Waals surface area contributed by atoms with Crippen molar-refractivity contribution in [2.45, 2.75) is 12.5 Å². The fourth-order valence-corrected chi connectivity index (χ4v) is 3.95. The average molecular weight is 459 g/mol. The second kappa shape index (κ2) is 10.1. The standard InChI is InChI=1S/C24H27ClN2O5/c1-26(2)17-9-6-15(7-10-17)21-20(23(29)24(30)27(21)12-5-13-31-3)22(28)16-8-11-18(25)19(14-16)32-4/h6-11,14,21,28H,5,12-13H2,1-4H3/b22-20-. The Balaban J connectivity index is 2.13. The van der Waals surface area contributed by atoms with Crippen LogP contribution in [-0.2, 0) is 14.3 Å². The second-order valence-corrected chi connectivity index (χ2v) is 8.08. The summed E-state index contributed by atoms with van der Waals surface area (Å²) in [7, 11) is 6.91. The molecule has 1 unspecified atom stereocenters. The number of aliphatic hydroxyl groups is 1. The second-order valence-electron chi connectivity index (χ2n) is 7.67. The number of carbonyl (C=O) groups is 2. The minimum atomic E-state index is -0.726. The van der Waals surface area contributed by atoms with Crippen molar-refractivity contribution in [2.24, 2.45) is 0 Å². The first-order chi connectivity index (χ1) is 15.3. The van der Waals surface area contributed by atoms with Crippen LogP contribution in [0.3, 0.4) is 0 Å². The summed E-state index contributed by atoms with van der Waals surface area (Å²) >= 11 is 6.10. The SMILES string of the molecule is COCCCN1C(=O)C(=O)/C(=C(\O)c2ccc(Cl)c(OC)c2)C1c1ccc(N(C)C)cc1. The highest BCUT2D eigenvalue weighted by Gasteiger charge is 2.45. The van der Waals surface area contributed by atoms with Gasteiger partial charge in [0, 0.05) is 45.6 Å². The predicted octanol–water partition coefficient (Wildman–Crippen LogP) is 3.87. The summed E-state index contributed by atoms with van der Waals surface area (Å²) < 4.78 is 10.3. The van der Waals surface area contributed by atoms with Crippen LogP contribution in [0.5, 0.6) is 5.75 Å². The van der Waals surface area contributed by atoms with Crippen LogP contribution >= 0.6 is 11.6 Å². The van der Waals surface area contributed by atoms with Gasteiger partial charge in [-0.05, 0) is 42.3 Å². The Bertz CT molecular complexity index is 1030. The molecule has 3 rings (SSSR count). The number of ether oxygens (including phenoxy) is 2. The largest absolute Gasteiger partial charge is 0.507 e. The molecule has 1 aliphatic heterocycles. The van der Waals surface area contributed by atoms with Crippen LogP contribution in [0.4, 0.5) is 5.69 Å². The molecule has 1 fully saturated rings. The van der Waals surface area contributed by atoms with Gasteiger partial charge in [0.2, 0.25) is 0 Å². The summed E-state index contributed by atoms with van der Waals surface area (Å²) in [5, 5.41) is 11.5. The van der Waals surface area contributed by atoms with Crippen molar-refractivity contribution in [1.29, 1.82) is 0 Å². The lowest BCUT2D eigenvalue weighted by molar-refractivity contribution is -0.140. The third-order valence-electron chi connectivity index (χ3n) is 5.44. The maximum Gasteiger partial charge on any atom is 0.295 e. The molecule has 8 heteroatoms. The average Bonchev–Trinajstić information content (AvgIpc) is 3.04. The molecule has 1 N–H and O–H groups in total. The molecule has 170 valence electrons. The van der Waals surface area contributed by atoms with Gasteiger partial charge < -0.3 is 24.4 Å². The number of carbonyl (C=O) groups excluding carboxylic acids is 2. The van der Waals surface area contributed by atoms with Crippen molar-refractivity contribution in [2.75, 3.05) is 46.4 Å². The normalized spacial score (nSPS) is 17.7. The molecule has 0 bridgehead atoms. The lowest BCUT2D eigenvalue weighted by Crippen LogP contribution is -2.31. The van der Waals surface area contributed by atoms with E-state index in [-0.39, 0.29) is 11.3 Å². The number of likely N-dealkylation sites (tertiary alicyclic amines) is 1. The molecular formula is C24H27ClN2O5. The summed E-state index contributed by atoms with van der Waals surface area (Å²) in [6.45, 7) is 0.767. The quantitative estimate of drug-likeness (QED) is 0.280. The van der Waals surface area contributed by atoms with Crippen LogP contribution in [0.2, 0.25) is 5.02 Å². The topological polar surface area (TPSA) is 79.3 Å². The van der Waals surface area contributed by atoms with Gasteiger partial charge in [0.15, 0.2) is 0 Å². The van der Waals surface area contributed by atoms with E-state index >= 15 is 0 Å². The van der Waals surface area contributed by atoms with Crippen molar-refractivity contribution in [3.8, 4) is 5.75 Å². The fourth-order valence-electron chi connectivity index (χ4n) is 3.75. The number of methoxy groups -OCH3 is 2. The number of anilines is 1. The van der Waals surface area contributed by atoms with Gasteiger partial charge in [0.25, 0.3) is 11.7 Å². The van der Waals surface area contributed by atoms with Crippen molar-refractivity contribution in [1.82, 2.24) is 4.90 Å². The van der Waals surface area contributed by atoms with Crippen molar-refractivity contribution in [3.05, 3.63) is 64.2 Å². The predicted molar refractivity (Wildman–Crippen MR) is 124 cm³/mol. The first-order valence-corrected chi connectivity index (χ1v) is 10.6. The third-order valence-corrected chi connectivity index (χ3v) is 5.75. The highest BCUT2D eigenvalue weighted by atomic mass is 35.5. The summed E-state index contributed by atoms with van der Waals surface area (Å²) in [4.78, 5) is 29.4. The van der Waals surface area contributed by atoms with E-state index in [0.717, 1.165) is 11.3 Å². The Morgan fingerprint density at radius 1 is 1.12 bits per heavy atom. The molecule has 0 saturated carbocycles. The van der Waals surface area contributed by atoms with Gasteiger partial charge in [-0.3, -0.25) is 9.59 Å². The Morgan fingerprint density at radius 3 is 2.41 bits per heavy atom. The molecule has 1 amide bonds. The molecule has 1 saturated heterocycles. The van der Waals surface area contributed by atoms with E-state index in [1.807, 2.05) is 43.3 Å². The number of aliphatic hydroxyl groups excluding tert-OH is 1. The molecule has 7 nitrogen and oxygen atoms in total. The highest BCUT2D eigenvalue weighted by Crippen LogP contribution is 2.40. The molecule has 1 atom stereocenters. The Hall–Kier alpha value is -3.03. The number of benzene rings is 2. The molecule has 1 heterocycles. The van der Waals surface area contributed by atoms with Crippen LogP contribution in [0.25, 0.3) is 5.76 Å². The van der Waals surface area contributed by atoms with Gasteiger partial charge in [-0.1, -0.05) is 23.7 Å². The van der Waals surface area contributed by atoms with E-state index in [1.165, 1.54) is 12.0 Å². The minimum Gasteiger partial charge on any atom is -0.507 e. The van der Waals surface area contributed by atoms with Crippen LogP contribution in [0, 0.1) is 0 Å². The van der Waals surface area contributed by atoms with Gasteiger partial charge >= 0.3 is 0 Å². The van der Waals surface area contributed by atoms with Gasteiger partial charge in [0.1, 0.15) is 11.5 Å². The molecule has 1 aliphatic rings. The van der Waals surface area contributed by atoms with Crippen LogP contribution in [0.1, 0.15) is 23.6 Å². The number of amides is 1. The number of ketones is 1. The van der Waals surface area contributed by atoms with Gasteiger partial charge in [0.05, 0.1) is 23.7 Å². The molecule has 0 aliphatic carbocycles. The number of nitrogens with zero attached hydrogens (tertiary/aromatic N) is 2. The van der Waals surface area contributed by atoms with Crippen LogP contribution in [-0.4, -0.2) is 63.2 Å². The summed E-state index contributed by atoms with van der Waals surface area (Å²) in [5.41, 5.74) is 2.09. The summed E-state index contributed by atoms with van der Waals surface area (Å²) in [6.07, 6.45) is 0.560. The van der Waals surface area contributed by atoms with Crippen LogP contribution < -0.4 is 9.64 Å². The molecule has 0 aromatic heterocycles. The lowest BCUT2D eigenvalue weighted by atomic mass is 9.95. The zero-order valence-corrected chi connectivity index (χ0v) is 19.3. The summed E-state index contributed by atoms with van der Waals surface area (Å²) in [5.74, 6) is -1.29. The molecule has 32 heavy (non-hydrogen) atoms. The zero-order valence-electron chi connectivity index (χ0n) is 18.6. The van der Waals surface area contributed by atoms with Gasteiger partial charge in [-0.2, -0.15) is 0 Å². The van der Waals surface area contributed by atoms with Gasteiger partial charge in [-0.15, -0.1) is 0 Å². The van der Waals surface area contributed by atoms with E-state index < -0.39 is 17.7 Å². The molecule has 2 aromatic rings. The molecule has 0 radical (unpaired) electrons. The van der Waals surface area contributed by atoms with Crippen LogP contribution in [0.15, 0.2) is 48.0 Å². The molecular weight excluding hydrogens is 432 g/mol. The van der Waals surface area contributed by atoms with Gasteiger partial charge in [-0.25, -0.2) is 0 Å². The number of hydrogen-bond donors (Lipinski definition) is 1. The summed E-state index contributed by atoms with van der Waals surface area (Å²) in [6, 6.07) is 11.5. The first kappa shape index (κ1) is 23.6. The highest BCUT2D eigenvalue weighted by molar-refractivity contribution is 6.46. The van der Waals surface area contributed by atoms with Crippen molar-refractivity contribution in [3.63, 3.8) is 0 Å². The third kappa shape index (κ3) is 4.59. The first-order valence-electron chi connectivity index (χ1n) is 10.2. The molecule has 0 spiro atoms. The monoisotopic (exact) mass is 458 g/mol. The zero-order chi connectivity index (χ0) is 23.4. The van der Waals surface area contributed by atoms with E-state index in [4.69, 9.17) is 21.1 Å². The fraction of sp³-hybridized carbons (Fsp3) is 0.333.